The summed E-state index contributed by atoms with van der Waals surface area (Å²) in [6, 6.07) is 21.7. The zero-order chi connectivity index (χ0) is 21.1. The smallest absolute Gasteiger partial charge is 1.00 e. The van der Waals surface area contributed by atoms with Crippen LogP contribution >= 0.6 is 0 Å². The Hall–Kier alpha value is -1.75. The van der Waals surface area contributed by atoms with Gasteiger partial charge in [-0.1, -0.05) is 60.7 Å². The fourth-order valence-corrected chi connectivity index (χ4v) is 4.46. The SMILES string of the molecule is O=C1CN(c2c(F)cc(Cc3ccccc3)cc2OCc2ccccc2)S(=O)(=O)N1.[H-].[K+]. The van der Waals surface area contributed by atoms with Gasteiger partial charge >= 0.3 is 61.6 Å². The molecule has 0 bridgehead atoms. The first-order chi connectivity index (χ1) is 14.4. The molecular formula is C22H20FKN2O4S. The minimum atomic E-state index is -4.18. The molecular weight excluding hydrogens is 446 g/mol. The Kier molecular flexibility index (Phi) is 7.90. The summed E-state index contributed by atoms with van der Waals surface area (Å²) in [7, 11) is -4.18. The van der Waals surface area contributed by atoms with Gasteiger partial charge in [-0.3, -0.25) is 4.79 Å². The van der Waals surface area contributed by atoms with Gasteiger partial charge in [-0.15, -0.1) is 0 Å². The van der Waals surface area contributed by atoms with Crippen molar-refractivity contribution in [2.45, 2.75) is 13.0 Å². The number of hydrogen-bond acceptors (Lipinski definition) is 4. The number of carbonyl (C=O) groups excluding carboxylic acids is 1. The average Bonchev–Trinajstić information content (AvgIpc) is 2.99. The molecule has 0 aliphatic carbocycles. The number of nitrogens with one attached hydrogen (secondary N) is 1. The van der Waals surface area contributed by atoms with E-state index in [-0.39, 0.29) is 70.9 Å². The molecule has 1 heterocycles. The molecule has 1 N–H and O–H groups in total. The molecule has 3 aromatic rings. The van der Waals surface area contributed by atoms with Crippen molar-refractivity contribution in [3.05, 3.63) is 95.3 Å². The van der Waals surface area contributed by atoms with Gasteiger partial charge in [0.05, 0.1) is 0 Å². The third kappa shape index (κ3) is 5.74. The second kappa shape index (κ2) is 10.2. The van der Waals surface area contributed by atoms with E-state index in [1.54, 1.807) is 6.07 Å². The summed E-state index contributed by atoms with van der Waals surface area (Å²) in [6.45, 7) is -0.379. The van der Waals surface area contributed by atoms with E-state index in [9.17, 15) is 13.2 Å². The van der Waals surface area contributed by atoms with E-state index in [0.717, 1.165) is 11.1 Å². The molecule has 156 valence electrons. The number of amides is 1. The third-order valence-electron chi connectivity index (χ3n) is 4.65. The van der Waals surface area contributed by atoms with Crippen molar-refractivity contribution in [3.8, 4) is 5.75 Å². The molecule has 0 radical (unpaired) electrons. The Morgan fingerprint density at radius 3 is 2.16 bits per heavy atom. The summed E-state index contributed by atoms with van der Waals surface area (Å²) >= 11 is 0. The molecule has 1 fully saturated rings. The van der Waals surface area contributed by atoms with E-state index in [1.165, 1.54) is 6.07 Å². The maximum absolute atomic E-state index is 15.1. The van der Waals surface area contributed by atoms with Gasteiger partial charge in [0.25, 0.3) is 5.91 Å². The van der Waals surface area contributed by atoms with Crippen LogP contribution in [0.4, 0.5) is 10.1 Å². The van der Waals surface area contributed by atoms with Crippen molar-refractivity contribution in [1.82, 2.24) is 4.72 Å². The van der Waals surface area contributed by atoms with E-state index < -0.39 is 28.5 Å². The summed E-state index contributed by atoms with van der Waals surface area (Å²) in [4.78, 5) is 11.7. The molecule has 0 spiro atoms. The van der Waals surface area contributed by atoms with Crippen LogP contribution in [-0.4, -0.2) is 20.9 Å². The van der Waals surface area contributed by atoms with Gasteiger partial charge in [0.15, 0.2) is 5.82 Å². The fourth-order valence-electron chi connectivity index (χ4n) is 3.29. The Morgan fingerprint density at radius 2 is 1.58 bits per heavy atom. The van der Waals surface area contributed by atoms with Crippen LogP contribution in [0, 0.1) is 5.82 Å². The molecule has 0 saturated carbocycles. The number of hydrogen-bond donors (Lipinski definition) is 1. The zero-order valence-electron chi connectivity index (χ0n) is 17.9. The van der Waals surface area contributed by atoms with Crippen LogP contribution in [0.3, 0.4) is 0 Å². The Bertz CT molecular complexity index is 1180. The van der Waals surface area contributed by atoms with Crippen LogP contribution in [-0.2, 0) is 28.0 Å². The second-order valence-electron chi connectivity index (χ2n) is 6.90. The van der Waals surface area contributed by atoms with Crippen molar-refractivity contribution < 1.29 is 75.2 Å². The van der Waals surface area contributed by atoms with Crippen molar-refractivity contribution >= 4 is 21.8 Å². The molecule has 1 aliphatic rings. The van der Waals surface area contributed by atoms with Crippen molar-refractivity contribution in [2.24, 2.45) is 0 Å². The third-order valence-corrected chi connectivity index (χ3v) is 6.02. The summed E-state index contributed by atoms with van der Waals surface area (Å²) in [5.74, 6) is -1.44. The maximum Gasteiger partial charge on any atom is 1.00 e. The van der Waals surface area contributed by atoms with Gasteiger partial charge in [0.2, 0.25) is 0 Å². The molecule has 6 nitrogen and oxygen atoms in total. The Balaban J connectivity index is 0.00000181. The second-order valence-corrected chi connectivity index (χ2v) is 8.49. The maximum atomic E-state index is 15.1. The van der Waals surface area contributed by atoms with E-state index in [0.29, 0.717) is 16.3 Å². The average molecular weight is 467 g/mol. The minimum absolute atomic E-state index is 0. The number of carbonyl (C=O) groups is 1. The summed E-state index contributed by atoms with van der Waals surface area (Å²) in [6.07, 6.45) is 0.448. The van der Waals surface area contributed by atoms with Crippen LogP contribution in [0.1, 0.15) is 18.1 Å². The van der Waals surface area contributed by atoms with Crippen LogP contribution < -0.4 is 65.1 Å². The first-order valence-electron chi connectivity index (χ1n) is 9.29. The number of anilines is 1. The first kappa shape index (κ1) is 23.9. The van der Waals surface area contributed by atoms with Gasteiger partial charge < -0.3 is 6.16 Å². The Labute approximate surface area is 224 Å². The summed E-state index contributed by atoms with van der Waals surface area (Å²) in [5, 5.41) is 0. The molecule has 4 rings (SSSR count). The quantitative estimate of drug-likeness (QED) is 0.530. The predicted molar refractivity (Wildman–Crippen MR) is 112 cm³/mol. The van der Waals surface area contributed by atoms with E-state index in [1.807, 2.05) is 65.4 Å². The van der Waals surface area contributed by atoms with Gasteiger partial charge in [-0.25, -0.2) is 13.4 Å². The minimum Gasteiger partial charge on any atom is -1.00 e. The number of halogens is 1. The number of nitrogens with zero attached hydrogens (tertiary/aromatic N) is 1. The van der Waals surface area contributed by atoms with Gasteiger partial charge in [-0.2, -0.15) is 8.42 Å². The van der Waals surface area contributed by atoms with E-state index >= 15 is 4.39 Å². The van der Waals surface area contributed by atoms with Crippen molar-refractivity contribution in [3.63, 3.8) is 0 Å². The van der Waals surface area contributed by atoms with Gasteiger partial charge in [0, 0.05) is 0 Å². The van der Waals surface area contributed by atoms with Crippen LogP contribution in [0.15, 0.2) is 72.8 Å². The molecule has 0 aromatic heterocycles. The number of ether oxygens (including phenoxy) is 1. The largest absolute Gasteiger partial charge is 1.00 e. The Morgan fingerprint density at radius 1 is 0.968 bits per heavy atom. The summed E-state index contributed by atoms with van der Waals surface area (Å²) < 4.78 is 48.1. The number of benzene rings is 3. The molecule has 0 atom stereocenters. The van der Waals surface area contributed by atoms with Crippen LogP contribution in [0.2, 0.25) is 0 Å². The van der Waals surface area contributed by atoms with Gasteiger partial charge in [0.1, 0.15) is 24.6 Å². The normalized spacial score (nSPS) is 14.6. The topological polar surface area (TPSA) is 75.7 Å². The molecule has 0 unspecified atom stereocenters. The predicted octanol–water partition coefficient (Wildman–Crippen LogP) is 0.293. The van der Waals surface area contributed by atoms with Crippen molar-refractivity contribution in [1.29, 1.82) is 0 Å². The first-order valence-corrected chi connectivity index (χ1v) is 10.7. The van der Waals surface area contributed by atoms with Gasteiger partial charge in [-0.05, 0) is 35.2 Å². The monoisotopic (exact) mass is 466 g/mol. The van der Waals surface area contributed by atoms with Crippen LogP contribution in [0.5, 0.6) is 5.75 Å². The zero-order valence-corrected chi connectivity index (χ0v) is 20.9. The molecule has 31 heavy (non-hydrogen) atoms. The molecule has 3 aromatic carbocycles. The van der Waals surface area contributed by atoms with E-state index in [2.05, 4.69) is 0 Å². The number of rotatable bonds is 6. The van der Waals surface area contributed by atoms with E-state index in [4.69, 9.17) is 4.74 Å². The molecule has 9 heteroatoms. The van der Waals surface area contributed by atoms with Crippen LogP contribution in [0.25, 0.3) is 0 Å². The summed E-state index contributed by atoms with van der Waals surface area (Å²) in [5.41, 5.74) is 2.17. The molecule has 1 saturated heterocycles. The van der Waals surface area contributed by atoms with Crippen molar-refractivity contribution in [2.75, 3.05) is 10.8 Å². The standard InChI is InChI=1S/C22H19FN2O4S.K.H/c23-19-12-18(11-16-7-3-1-4-8-16)13-20(29-15-17-9-5-2-6-10-17)22(19)25-14-21(26)24-30(25,27)28;;/h1-10,12-13H,11,14-15H2,(H,24,26);;/q;+1;-1. The molecule has 1 amide bonds. The fraction of sp³-hybridized carbons (Fsp3) is 0.136. The molecule has 1 aliphatic heterocycles.